The molecule has 7 nitrogen and oxygen atoms in total. The number of ether oxygens (including phenoxy) is 2. The smallest absolute Gasteiger partial charge is 0.181 e. The van der Waals surface area contributed by atoms with Gasteiger partial charge in [0.15, 0.2) is 17.1 Å². The molecule has 2 aromatic heterocycles. The number of hydrogen-bond donors (Lipinski definition) is 2. The van der Waals surface area contributed by atoms with E-state index < -0.39 is 0 Å². The van der Waals surface area contributed by atoms with Crippen LogP contribution in [0.4, 0.5) is 5.69 Å². The van der Waals surface area contributed by atoms with Crippen LogP contribution in [-0.4, -0.2) is 34.2 Å². The fraction of sp³-hybridized carbons (Fsp3) is 0.154. The highest BCUT2D eigenvalue weighted by atomic mass is 16.5. The Balaban J connectivity index is 2.18. The number of nitrogen functional groups attached to an aromatic ring is 1. The molecular formula is C13H13N5O2. The molecule has 0 saturated carbocycles. The van der Waals surface area contributed by atoms with Crippen molar-refractivity contribution in [1.82, 2.24) is 19.9 Å². The number of imidazole rings is 1. The minimum atomic E-state index is 0.537. The van der Waals surface area contributed by atoms with Crippen molar-refractivity contribution < 1.29 is 9.47 Å². The number of aromatic nitrogens is 4. The van der Waals surface area contributed by atoms with Crippen molar-refractivity contribution in [2.75, 3.05) is 20.0 Å². The number of anilines is 1. The molecule has 0 saturated heterocycles. The van der Waals surface area contributed by atoms with Gasteiger partial charge in [-0.15, -0.1) is 0 Å². The molecule has 0 bridgehead atoms. The number of nitrogens with two attached hydrogens (primary N) is 1. The molecule has 0 amide bonds. The molecule has 102 valence electrons. The lowest BCUT2D eigenvalue weighted by Crippen LogP contribution is -1.96. The van der Waals surface area contributed by atoms with E-state index in [1.807, 2.05) is 0 Å². The zero-order valence-corrected chi connectivity index (χ0v) is 11.0. The SMILES string of the molecule is COc1cc(N)c(-c2nc3ncncc3[nH]2)cc1OC. The number of benzene rings is 1. The van der Waals surface area contributed by atoms with Crippen LogP contribution in [0.25, 0.3) is 22.6 Å². The van der Waals surface area contributed by atoms with Crippen LogP contribution < -0.4 is 15.2 Å². The number of nitrogens with one attached hydrogen (secondary N) is 1. The highest BCUT2D eigenvalue weighted by molar-refractivity contribution is 5.81. The Hall–Kier alpha value is -2.83. The zero-order valence-electron chi connectivity index (χ0n) is 11.0. The number of H-pyrrole nitrogens is 1. The van der Waals surface area contributed by atoms with Gasteiger partial charge in [-0.1, -0.05) is 0 Å². The lowest BCUT2D eigenvalue weighted by Gasteiger charge is -2.11. The van der Waals surface area contributed by atoms with Crippen LogP contribution in [0, 0.1) is 0 Å². The fourth-order valence-corrected chi connectivity index (χ4v) is 1.99. The summed E-state index contributed by atoms with van der Waals surface area (Å²) in [6.07, 6.45) is 3.11. The van der Waals surface area contributed by atoms with Gasteiger partial charge in [-0.3, -0.25) is 0 Å². The van der Waals surface area contributed by atoms with E-state index in [1.165, 1.54) is 6.33 Å². The molecule has 0 aliphatic rings. The van der Waals surface area contributed by atoms with Gasteiger partial charge in [0.1, 0.15) is 17.7 Å². The highest BCUT2D eigenvalue weighted by Crippen LogP contribution is 2.36. The van der Waals surface area contributed by atoms with E-state index in [0.717, 1.165) is 11.1 Å². The van der Waals surface area contributed by atoms with Crippen LogP contribution in [0.2, 0.25) is 0 Å². The van der Waals surface area contributed by atoms with Gasteiger partial charge >= 0.3 is 0 Å². The Morgan fingerprint density at radius 1 is 1.15 bits per heavy atom. The topological polar surface area (TPSA) is 98.9 Å². The summed E-state index contributed by atoms with van der Waals surface area (Å²) in [5.41, 5.74) is 8.64. The minimum absolute atomic E-state index is 0.537. The standard InChI is InChI=1S/C13H13N5O2/c1-19-10-3-7(8(14)4-11(10)20-2)12-17-9-5-15-6-16-13(9)18-12/h3-6H,14H2,1-2H3,(H,15,16,17,18). The molecule has 7 heteroatoms. The maximum absolute atomic E-state index is 6.04. The van der Waals surface area contributed by atoms with E-state index in [-0.39, 0.29) is 0 Å². The van der Waals surface area contributed by atoms with Crippen LogP contribution in [0.15, 0.2) is 24.7 Å². The quantitative estimate of drug-likeness (QED) is 0.702. The van der Waals surface area contributed by atoms with Crippen molar-refractivity contribution in [3.05, 3.63) is 24.7 Å². The molecule has 0 atom stereocenters. The van der Waals surface area contributed by atoms with E-state index in [9.17, 15) is 0 Å². The normalized spacial score (nSPS) is 10.7. The van der Waals surface area contributed by atoms with E-state index >= 15 is 0 Å². The summed E-state index contributed by atoms with van der Waals surface area (Å²) in [7, 11) is 3.13. The first-order chi connectivity index (χ1) is 9.72. The lowest BCUT2D eigenvalue weighted by atomic mass is 10.1. The molecule has 3 aromatic rings. The summed E-state index contributed by atoms with van der Waals surface area (Å²) in [5.74, 6) is 1.77. The average Bonchev–Trinajstić information content (AvgIpc) is 2.90. The second-order valence-electron chi connectivity index (χ2n) is 4.14. The molecule has 0 radical (unpaired) electrons. The summed E-state index contributed by atoms with van der Waals surface area (Å²) in [4.78, 5) is 15.5. The monoisotopic (exact) mass is 271 g/mol. The molecule has 3 N–H and O–H groups in total. The lowest BCUT2D eigenvalue weighted by molar-refractivity contribution is 0.355. The van der Waals surface area contributed by atoms with Gasteiger partial charge in [0.05, 0.1) is 20.4 Å². The van der Waals surface area contributed by atoms with Crippen molar-refractivity contribution in [3.8, 4) is 22.9 Å². The number of fused-ring (bicyclic) bond motifs is 1. The second-order valence-corrected chi connectivity index (χ2v) is 4.14. The van der Waals surface area contributed by atoms with Gasteiger partial charge in [0.2, 0.25) is 0 Å². The first kappa shape index (κ1) is 12.2. The van der Waals surface area contributed by atoms with Gasteiger partial charge in [-0.05, 0) is 6.07 Å². The Morgan fingerprint density at radius 2 is 1.90 bits per heavy atom. The van der Waals surface area contributed by atoms with Crippen LogP contribution in [-0.2, 0) is 0 Å². The van der Waals surface area contributed by atoms with Gasteiger partial charge in [0.25, 0.3) is 0 Å². The Kier molecular flexibility index (Phi) is 2.86. The average molecular weight is 271 g/mol. The third kappa shape index (κ3) is 1.89. The van der Waals surface area contributed by atoms with E-state index in [1.54, 1.807) is 32.5 Å². The van der Waals surface area contributed by atoms with Gasteiger partial charge in [-0.25, -0.2) is 15.0 Å². The van der Waals surface area contributed by atoms with Crippen molar-refractivity contribution in [1.29, 1.82) is 0 Å². The molecule has 0 unspecified atom stereocenters. The highest BCUT2D eigenvalue weighted by Gasteiger charge is 2.14. The Labute approximate surface area is 114 Å². The molecule has 3 rings (SSSR count). The summed E-state index contributed by atoms with van der Waals surface area (Å²) < 4.78 is 10.5. The molecule has 0 spiro atoms. The van der Waals surface area contributed by atoms with Gasteiger partial charge in [-0.2, -0.15) is 0 Å². The van der Waals surface area contributed by atoms with Gasteiger partial charge in [0, 0.05) is 17.3 Å². The summed E-state index contributed by atoms with van der Waals surface area (Å²) in [6.45, 7) is 0. The Bertz CT molecular complexity index is 736. The number of rotatable bonds is 3. The number of hydrogen-bond acceptors (Lipinski definition) is 6. The molecular weight excluding hydrogens is 258 g/mol. The number of aromatic amines is 1. The maximum Gasteiger partial charge on any atom is 0.181 e. The van der Waals surface area contributed by atoms with Crippen LogP contribution in [0.5, 0.6) is 11.5 Å². The van der Waals surface area contributed by atoms with Crippen molar-refractivity contribution in [2.45, 2.75) is 0 Å². The molecule has 1 aromatic carbocycles. The molecule has 0 fully saturated rings. The van der Waals surface area contributed by atoms with Crippen molar-refractivity contribution in [2.24, 2.45) is 0 Å². The van der Waals surface area contributed by atoms with E-state index in [2.05, 4.69) is 19.9 Å². The van der Waals surface area contributed by atoms with Crippen molar-refractivity contribution >= 4 is 16.9 Å². The minimum Gasteiger partial charge on any atom is -0.493 e. The Morgan fingerprint density at radius 3 is 2.60 bits per heavy atom. The van der Waals surface area contributed by atoms with E-state index in [4.69, 9.17) is 15.2 Å². The largest absolute Gasteiger partial charge is 0.493 e. The predicted octanol–water partition coefficient (Wildman–Crippen LogP) is 1.62. The van der Waals surface area contributed by atoms with Crippen LogP contribution >= 0.6 is 0 Å². The molecule has 0 aliphatic carbocycles. The first-order valence-corrected chi connectivity index (χ1v) is 5.90. The van der Waals surface area contributed by atoms with Crippen LogP contribution in [0.3, 0.4) is 0 Å². The zero-order chi connectivity index (χ0) is 14.1. The van der Waals surface area contributed by atoms with Crippen molar-refractivity contribution in [3.63, 3.8) is 0 Å². The van der Waals surface area contributed by atoms with Crippen LogP contribution in [0.1, 0.15) is 0 Å². The van der Waals surface area contributed by atoms with Gasteiger partial charge < -0.3 is 20.2 Å². The summed E-state index contributed by atoms with van der Waals surface area (Å²) in [6, 6.07) is 3.48. The summed E-state index contributed by atoms with van der Waals surface area (Å²) >= 11 is 0. The summed E-state index contributed by atoms with van der Waals surface area (Å²) in [5, 5.41) is 0. The molecule has 0 aliphatic heterocycles. The van der Waals surface area contributed by atoms with E-state index in [0.29, 0.717) is 28.7 Å². The second kappa shape index (κ2) is 4.69. The number of methoxy groups -OCH3 is 2. The molecule has 2 heterocycles. The maximum atomic E-state index is 6.04. The third-order valence-corrected chi connectivity index (χ3v) is 2.97. The predicted molar refractivity (Wildman–Crippen MR) is 74.6 cm³/mol. The fourth-order valence-electron chi connectivity index (χ4n) is 1.99. The number of nitrogens with zero attached hydrogens (tertiary/aromatic N) is 3. The molecule has 20 heavy (non-hydrogen) atoms. The first-order valence-electron chi connectivity index (χ1n) is 5.90. The third-order valence-electron chi connectivity index (χ3n) is 2.97.